The van der Waals surface area contributed by atoms with Crippen molar-refractivity contribution in [1.82, 2.24) is 14.5 Å². The summed E-state index contributed by atoms with van der Waals surface area (Å²) in [5.74, 6) is -1.82. The van der Waals surface area contributed by atoms with Gasteiger partial charge in [0, 0.05) is 34.5 Å². The molecule has 0 radical (unpaired) electrons. The Kier molecular flexibility index (Phi) is 5.78. The van der Waals surface area contributed by atoms with E-state index in [-0.39, 0.29) is 16.1 Å². The van der Waals surface area contributed by atoms with Crippen LogP contribution < -0.4 is 5.56 Å². The molecule has 33 heavy (non-hydrogen) atoms. The Hall–Kier alpha value is -3.91. The van der Waals surface area contributed by atoms with E-state index in [0.717, 1.165) is 28.0 Å². The lowest BCUT2D eigenvalue weighted by Crippen LogP contribution is -2.28. The Morgan fingerprint density at radius 1 is 1.03 bits per heavy atom. The summed E-state index contributed by atoms with van der Waals surface area (Å²) >= 11 is 1.07. The van der Waals surface area contributed by atoms with Crippen molar-refractivity contribution in [2.24, 2.45) is 0 Å². The van der Waals surface area contributed by atoms with Crippen molar-refractivity contribution < 1.29 is 22.0 Å². The molecule has 0 aliphatic rings. The van der Waals surface area contributed by atoms with Crippen molar-refractivity contribution in [3.63, 3.8) is 0 Å². The molecule has 4 aromatic rings. The molecule has 0 aliphatic carbocycles. The molecule has 0 saturated carbocycles. The average molecular weight is 474 g/mol. The van der Waals surface area contributed by atoms with Gasteiger partial charge >= 0.3 is 6.18 Å². The average Bonchev–Trinajstić information content (AvgIpc) is 3.26. The number of aromatic nitrogens is 3. The summed E-state index contributed by atoms with van der Waals surface area (Å²) in [5, 5.41) is 9.26. The summed E-state index contributed by atoms with van der Waals surface area (Å²) in [6.45, 7) is -0.505. The highest BCUT2D eigenvalue weighted by atomic mass is 32.1. The lowest BCUT2D eigenvalue weighted by molar-refractivity contribution is -0.137. The van der Waals surface area contributed by atoms with Gasteiger partial charge in [0.1, 0.15) is 29.6 Å². The number of pyridine rings is 1. The van der Waals surface area contributed by atoms with Gasteiger partial charge in [-0.15, -0.1) is 11.3 Å². The van der Waals surface area contributed by atoms with Crippen LogP contribution in [0.15, 0.2) is 59.9 Å². The fourth-order valence-electron chi connectivity index (χ4n) is 3.22. The van der Waals surface area contributed by atoms with Gasteiger partial charge in [-0.1, -0.05) is 6.07 Å². The van der Waals surface area contributed by atoms with E-state index in [4.69, 9.17) is 0 Å². The van der Waals surface area contributed by atoms with Crippen LogP contribution in [0.25, 0.3) is 21.0 Å². The van der Waals surface area contributed by atoms with Crippen LogP contribution in [0.4, 0.5) is 22.0 Å². The minimum Gasteiger partial charge on any atom is -0.302 e. The van der Waals surface area contributed by atoms with E-state index in [9.17, 15) is 32.0 Å². The second kappa shape index (κ2) is 8.55. The number of thiophene rings is 1. The number of nitriles is 1. The van der Waals surface area contributed by atoms with Gasteiger partial charge in [-0.25, -0.2) is 18.7 Å². The molecule has 0 amide bonds. The zero-order chi connectivity index (χ0) is 23.8. The third kappa shape index (κ3) is 4.38. The van der Waals surface area contributed by atoms with Crippen molar-refractivity contribution in [2.75, 3.05) is 0 Å². The van der Waals surface area contributed by atoms with Crippen molar-refractivity contribution in [3.8, 4) is 27.1 Å². The summed E-state index contributed by atoms with van der Waals surface area (Å²) < 4.78 is 69.3. The Labute approximate surface area is 187 Å². The van der Waals surface area contributed by atoms with Crippen LogP contribution in [0.1, 0.15) is 16.7 Å². The molecule has 0 saturated heterocycles. The van der Waals surface area contributed by atoms with E-state index < -0.39 is 41.0 Å². The molecule has 11 heteroatoms. The van der Waals surface area contributed by atoms with Gasteiger partial charge in [-0.2, -0.15) is 18.4 Å². The summed E-state index contributed by atoms with van der Waals surface area (Å²) in [6, 6.07) is 7.79. The summed E-state index contributed by atoms with van der Waals surface area (Å²) in [5.41, 5.74) is -3.42. The Balaban J connectivity index is 1.94. The van der Waals surface area contributed by atoms with Crippen molar-refractivity contribution >= 4 is 11.3 Å². The highest BCUT2D eigenvalue weighted by molar-refractivity contribution is 7.18. The highest BCUT2D eigenvalue weighted by Crippen LogP contribution is 2.38. The SMILES string of the molecule is N#Cc1c(C(F)(F)F)cc(-c2ccc(-c3cncnc3)s2)n(Cc2ccc(F)cc2F)c1=O. The van der Waals surface area contributed by atoms with E-state index in [1.54, 1.807) is 6.07 Å². The Bertz CT molecular complexity index is 1440. The zero-order valence-corrected chi connectivity index (χ0v) is 17.2. The number of alkyl halides is 3. The van der Waals surface area contributed by atoms with Gasteiger partial charge in [-0.05, 0) is 24.3 Å². The molecule has 3 aromatic heterocycles. The molecule has 0 unspecified atom stereocenters. The normalized spacial score (nSPS) is 11.4. The number of halogens is 5. The topological polar surface area (TPSA) is 71.6 Å². The number of hydrogen-bond acceptors (Lipinski definition) is 5. The molecule has 5 nitrogen and oxygen atoms in total. The minimum absolute atomic E-state index is 0.128. The first-order valence-electron chi connectivity index (χ1n) is 9.23. The van der Waals surface area contributed by atoms with Crippen LogP contribution in [0.5, 0.6) is 0 Å². The number of benzene rings is 1. The quantitative estimate of drug-likeness (QED) is 0.379. The fraction of sp³-hybridized carbons (Fsp3) is 0.0909. The van der Waals surface area contributed by atoms with Gasteiger partial charge in [0.25, 0.3) is 5.56 Å². The van der Waals surface area contributed by atoms with Crippen LogP contribution in [0.2, 0.25) is 0 Å². The monoisotopic (exact) mass is 474 g/mol. The molecule has 3 heterocycles. The smallest absolute Gasteiger partial charge is 0.302 e. The molecule has 0 fully saturated rings. The maximum atomic E-state index is 14.3. The summed E-state index contributed by atoms with van der Waals surface area (Å²) in [6.07, 6.45) is -0.608. The molecule has 166 valence electrons. The largest absolute Gasteiger partial charge is 0.417 e. The van der Waals surface area contributed by atoms with Crippen LogP contribution in [-0.4, -0.2) is 14.5 Å². The molecule has 0 spiro atoms. The molecular formula is C22H11F5N4OS. The molecular weight excluding hydrogens is 463 g/mol. The first-order valence-corrected chi connectivity index (χ1v) is 10.1. The van der Waals surface area contributed by atoms with E-state index in [2.05, 4.69) is 9.97 Å². The third-order valence-electron chi connectivity index (χ3n) is 4.76. The summed E-state index contributed by atoms with van der Waals surface area (Å²) in [4.78, 5) is 21.6. The van der Waals surface area contributed by atoms with E-state index >= 15 is 0 Å². The van der Waals surface area contributed by atoms with Gasteiger partial charge in [0.05, 0.1) is 22.7 Å². The van der Waals surface area contributed by atoms with Crippen LogP contribution in [-0.2, 0) is 12.7 Å². The van der Waals surface area contributed by atoms with Gasteiger partial charge < -0.3 is 4.57 Å². The highest BCUT2D eigenvalue weighted by Gasteiger charge is 2.36. The fourth-order valence-corrected chi connectivity index (χ4v) is 4.22. The first-order chi connectivity index (χ1) is 15.7. The van der Waals surface area contributed by atoms with Crippen molar-refractivity contribution in [3.05, 3.63) is 93.8 Å². The van der Waals surface area contributed by atoms with Gasteiger partial charge in [0.2, 0.25) is 0 Å². The molecule has 0 aliphatic heterocycles. The lowest BCUT2D eigenvalue weighted by Gasteiger charge is -2.17. The van der Waals surface area contributed by atoms with Gasteiger partial charge in [-0.3, -0.25) is 4.79 Å². The number of hydrogen-bond donors (Lipinski definition) is 0. The maximum Gasteiger partial charge on any atom is 0.417 e. The standard InChI is InChI=1S/C22H11F5N4OS/c23-14-2-1-12(17(24)5-14)10-31-18(6-16(22(25,26)27)15(7-28)21(31)32)20-4-3-19(33-20)13-8-29-11-30-9-13/h1-6,8-9,11H,10H2. The van der Waals surface area contributed by atoms with Crippen LogP contribution in [0, 0.1) is 23.0 Å². The third-order valence-corrected chi connectivity index (χ3v) is 5.92. The second-order valence-electron chi connectivity index (χ2n) is 6.85. The van der Waals surface area contributed by atoms with Crippen LogP contribution >= 0.6 is 11.3 Å². The predicted octanol–water partition coefficient (Wildman–Crippen LogP) is 5.25. The van der Waals surface area contributed by atoms with Crippen molar-refractivity contribution in [1.29, 1.82) is 5.26 Å². The molecule has 4 rings (SSSR count). The van der Waals surface area contributed by atoms with E-state index in [0.29, 0.717) is 22.6 Å². The maximum absolute atomic E-state index is 14.3. The molecule has 0 atom stereocenters. The van der Waals surface area contributed by atoms with Gasteiger partial charge in [0.15, 0.2) is 0 Å². The summed E-state index contributed by atoms with van der Waals surface area (Å²) in [7, 11) is 0. The first kappa shape index (κ1) is 22.3. The lowest BCUT2D eigenvalue weighted by atomic mass is 10.1. The second-order valence-corrected chi connectivity index (χ2v) is 7.93. The van der Waals surface area contributed by atoms with E-state index in [1.165, 1.54) is 30.9 Å². The minimum atomic E-state index is -4.97. The zero-order valence-electron chi connectivity index (χ0n) is 16.4. The predicted molar refractivity (Wildman–Crippen MR) is 110 cm³/mol. The Morgan fingerprint density at radius 3 is 2.36 bits per heavy atom. The van der Waals surface area contributed by atoms with Crippen molar-refractivity contribution in [2.45, 2.75) is 12.7 Å². The molecule has 0 N–H and O–H groups in total. The number of nitrogens with zero attached hydrogens (tertiary/aromatic N) is 4. The van der Waals surface area contributed by atoms with E-state index in [1.807, 2.05) is 0 Å². The Morgan fingerprint density at radius 2 is 1.73 bits per heavy atom. The molecule has 1 aromatic carbocycles. The van der Waals surface area contributed by atoms with Crippen LogP contribution in [0.3, 0.4) is 0 Å². The molecule has 0 bridgehead atoms. The number of rotatable bonds is 4.